The van der Waals surface area contributed by atoms with Crippen LogP contribution in [0.15, 0.2) is 36.4 Å². The Kier molecular flexibility index (Phi) is 5.49. The summed E-state index contributed by atoms with van der Waals surface area (Å²) in [6.07, 6.45) is 5.25. The predicted octanol–water partition coefficient (Wildman–Crippen LogP) is 6.09. The second-order valence-electron chi connectivity index (χ2n) is 10.3. The van der Waals surface area contributed by atoms with Gasteiger partial charge in [-0.2, -0.15) is 0 Å². The van der Waals surface area contributed by atoms with E-state index >= 15 is 0 Å². The summed E-state index contributed by atoms with van der Waals surface area (Å²) >= 11 is 0. The zero-order valence-corrected chi connectivity index (χ0v) is 19.6. The molecule has 4 bridgehead atoms. The van der Waals surface area contributed by atoms with E-state index in [9.17, 15) is 20.2 Å². The minimum Gasteiger partial charge on any atom is -0.494 e. The van der Waals surface area contributed by atoms with Gasteiger partial charge in [-0.25, -0.2) is 0 Å². The molecule has 4 aliphatic carbocycles. The summed E-state index contributed by atoms with van der Waals surface area (Å²) in [5, 5.41) is 24.1. The average Bonchev–Trinajstić information content (AvgIpc) is 2.78. The van der Waals surface area contributed by atoms with Crippen LogP contribution in [0.3, 0.4) is 0 Å². The maximum absolute atomic E-state index is 12.1. The molecule has 0 atom stereocenters. The molecule has 2 aromatic rings. The Morgan fingerprint density at radius 1 is 0.794 bits per heavy atom. The molecule has 2 aromatic carbocycles. The Morgan fingerprint density at radius 2 is 1.21 bits per heavy atom. The number of hydrogen-bond acceptors (Lipinski definition) is 6. The quantitative estimate of drug-likeness (QED) is 0.344. The lowest BCUT2D eigenvalue weighted by Gasteiger charge is -2.62. The predicted molar refractivity (Wildman–Crippen MR) is 127 cm³/mol. The molecule has 0 spiro atoms. The lowest BCUT2D eigenvalue weighted by Crippen LogP contribution is -2.56. The van der Waals surface area contributed by atoms with Crippen LogP contribution in [0.4, 0.5) is 11.4 Å². The molecule has 0 amide bonds. The molecule has 4 aliphatic rings. The van der Waals surface area contributed by atoms with Crippen LogP contribution in [0.5, 0.6) is 11.5 Å². The van der Waals surface area contributed by atoms with Crippen molar-refractivity contribution in [1.29, 1.82) is 0 Å². The molecule has 180 valence electrons. The summed E-state index contributed by atoms with van der Waals surface area (Å²) in [6, 6.07) is 10.2. The Bertz CT molecular complexity index is 1050. The number of nitrogens with zero attached hydrogens (tertiary/aromatic N) is 2. The van der Waals surface area contributed by atoms with Crippen molar-refractivity contribution in [1.82, 2.24) is 0 Å². The smallest absolute Gasteiger partial charge is 0.273 e. The van der Waals surface area contributed by atoms with E-state index in [-0.39, 0.29) is 21.2 Å². The van der Waals surface area contributed by atoms with Gasteiger partial charge >= 0.3 is 0 Å². The first-order valence-electron chi connectivity index (χ1n) is 12.1. The molecule has 0 unspecified atom stereocenters. The Hall–Kier alpha value is -3.16. The van der Waals surface area contributed by atoms with Gasteiger partial charge in [-0.15, -0.1) is 0 Å². The van der Waals surface area contributed by atoms with Crippen molar-refractivity contribution in [3.05, 3.63) is 67.8 Å². The number of rotatable bonds is 8. The Morgan fingerprint density at radius 3 is 1.56 bits per heavy atom. The summed E-state index contributed by atoms with van der Waals surface area (Å²) in [4.78, 5) is 23.5. The molecule has 8 heteroatoms. The lowest BCUT2D eigenvalue weighted by atomic mass is 9.41. The van der Waals surface area contributed by atoms with E-state index in [0.717, 1.165) is 43.2 Å². The summed E-state index contributed by atoms with van der Waals surface area (Å²) in [7, 11) is 0. The van der Waals surface area contributed by atoms with Gasteiger partial charge in [0, 0.05) is 34.1 Å². The summed E-state index contributed by atoms with van der Waals surface area (Å²) in [5.74, 6) is 2.04. The number of hydrogen-bond donors (Lipinski definition) is 0. The first kappa shape index (κ1) is 22.6. The Balaban J connectivity index is 1.67. The van der Waals surface area contributed by atoms with Gasteiger partial charge < -0.3 is 9.47 Å². The third-order valence-electron chi connectivity index (χ3n) is 8.16. The number of nitro groups is 2. The molecule has 4 saturated carbocycles. The van der Waals surface area contributed by atoms with Crippen LogP contribution in [-0.4, -0.2) is 23.1 Å². The molecule has 0 heterocycles. The minimum absolute atomic E-state index is 0.123. The molecule has 34 heavy (non-hydrogen) atoms. The van der Waals surface area contributed by atoms with Crippen LogP contribution in [0, 0.1) is 32.1 Å². The fourth-order valence-electron chi connectivity index (χ4n) is 7.60. The van der Waals surface area contributed by atoms with Crippen molar-refractivity contribution < 1.29 is 19.3 Å². The second kappa shape index (κ2) is 8.25. The summed E-state index contributed by atoms with van der Waals surface area (Å²) in [5.41, 5.74) is 0.914. The third-order valence-corrected chi connectivity index (χ3v) is 8.16. The highest BCUT2D eigenvalue weighted by Gasteiger charge is 2.61. The monoisotopic (exact) mass is 466 g/mol. The van der Waals surface area contributed by atoms with Crippen LogP contribution >= 0.6 is 0 Å². The van der Waals surface area contributed by atoms with Crippen LogP contribution in [0.25, 0.3) is 0 Å². The van der Waals surface area contributed by atoms with E-state index in [0.29, 0.717) is 43.0 Å². The van der Waals surface area contributed by atoms with Crippen molar-refractivity contribution in [2.45, 2.75) is 63.2 Å². The van der Waals surface area contributed by atoms with Gasteiger partial charge in [0.05, 0.1) is 23.1 Å². The number of benzene rings is 2. The highest BCUT2D eigenvalue weighted by Crippen LogP contribution is 2.68. The fraction of sp³-hybridized carbons (Fsp3) is 0.538. The van der Waals surface area contributed by atoms with Crippen molar-refractivity contribution in [3.8, 4) is 11.5 Å². The van der Waals surface area contributed by atoms with Gasteiger partial charge in [0.15, 0.2) is 0 Å². The average molecular weight is 467 g/mol. The molecule has 6 rings (SSSR count). The third kappa shape index (κ3) is 3.60. The molecule has 0 aromatic heterocycles. The van der Waals surface area contributed by atoms with Crippen LogP contribution in [0.2, 0.25) is 0 Å². The zero-order valence-electron chi connectivity index (χ0n) is 19.6. The minimum atomic E-state index is -0.394. The van der Waals surface area contributed by atoms with E-state index in [1.807, 2.05) is 26.0 Å². The SMILES string of the molecule is CCOc1ccc([N+](=O)[O-])c(C23CC4CC(C2)CC(c2cc(OCC)ccc2[N+](=O)[O-])(C4)C3)c1. The summed E-state index contributed by atoms with van der Waals surface area (Å²) < 4.78 is 11.4. The Labute approximate surface area is 198 Å². The maximum atomic E-state index is 12.1. The fourth-order valence-corrected chi connectivity index (χ4v) is 7.60. The van der Waals surface area contributed by atoms with Gasteiger partial charge in [-0.1, -0.05) is 0 Å². The molecule has 0 radical (unpaired) electrons. The molecular weight excluding hydrogens is 436 g/mol. The molecule has 0 N–H and O–H groups in total. The molecule has 4 fully saturated rings. The zero-order chi connectivity index (χ0) is 24.1. The molecule has 8 nitrogen and oxygen atoms in total. The van der Waals surface area contributed by atoms with Crippen LogP contribution in [-0.2, 0) is 10.8 Å². The van der Waals surface area contributed by atoms with E-state index in [1.54, 1.807) is 24.3 Å². The van der Waals surface area contributed by atoms with E-state index in [1.165, 1.54) is 0 Å². The highest BCUT2D eigenvalue weighted by molar-refractivity contribution is 5.55. The number of ether oxygens (including phenoxy) is 2. The van der Waals surface area contributed by atoms with Gasteiger partial charge in [0.25, 0.3) is 11.4 Å². The van der Waals surface area contributed by atoms with Gasteiger partial charge in [0.2, 0.25) is 0 Å². The lowest BCUT2D eigenvalue weighted by molar-refractivity contribution is -0.386. The first-order chi connectivity index (χ1) is 16.3. The normalized spacial score (nSPS) is 29.1. The van der Waals surface area contributed by atoms with E-state index < -0.39 is 10.8 Å². The van der Waals surface area contributed by atoms with E-state index in [4.69, 9.17) is 9.47 Å². The van der Waals surface area contributed by atoms with E-state index in [2.05, 4.69) is 0 Å². The first-order valence-corrected chi connectivity index (χ1v) is 12.1. The number of nitro benzene ring substituents is 2. The van der Waals surface area contributed by atoms with Crippen molar-refractivity contribution in [3.63, 3.8) is 0 Å². The van der Waals surface area contributed by atoms with Crippen molar-refractivity contribution in [2.75, 3.05) is 13.2 Å². The standard InChI is InChI=1S/C26H30N2O6/c1-3-33-19-5-7-23(27(29)30)21(10-19)25-12-17-9-18(13-25)15-26(14-17,16-25)22-11-20(34-4-2)6-8-24(22)28(31)32/h5-8,10-11,17-18H,3-4,9,12-16H2,1-2H3. The van der Waals surface area contributed by atoms with Crippen molar-refractivity contribution in [2.24, 2.45) is 11.8 Å². The second-order valence-corrected chi connectivity index (χ2v) is 10.3. The van der Waals surface area contributed by atoms with Gasteiger partial charge in [-0.3, -0.25) is 20.2 Å². The highest BCUT2D eigenvalue weighted by atomic mass is 16.6. The van der Waals surface area contributed by atoms with Gasteiger partial charge in [0.1, 0.15) is 11.5 Å². The van der Waals surface area contributed by atoms with Crippen LogP contribution < -0.4 is 9.47 Å². The van der Waals surface area contributed by atoms with Crippen LogP contribution in [0.1, 0.15) is 63.5 Å². The maximum Gasteiger partial charge on any atom is 0.273 e. The van der Waals surface area contributed by atoms with Gasteiger partial charge in [-0.05, 0) is 88.5 Å². The largest absolute Gasteiger partial charge is 0.494 e. The molecule has 0 aliphatic heterocycles. The molecule has 0 saturated heterocycles. The summed E-state index contributed by atoms with van der Waals surface area (Å²) in [6.45, 7) is 4.75. The topological polar surface area (TPSA) is 105 Å². The van der Waals surface area contributed by atoms with Crippen molar-refractivity contribution >= 4 is 11.4 Å². The molecular formula is C26H30N2O6.